The Hall–Kier alpha value is -4.22. The number of benzene rings is 1. The van der Waals surface area contributed by atoms with Crippen LogP contribution in [0.3, 0.4) is 0 Å². The van der Waals surface area contributed by atoms with Crippen molar-refractivity contribution in [3.63, 3.8) is 0 Å². The second-order valence-corrected chi connectivity index (χ2v) is 7.20. The molecule has 170 valence electrons. The summed E-state index contributed by atoms with van der Waals surface area (Å²) in [6.07, 6.45) is -0.461. The lowest BCUT2D eigenvalue weighted by molar-refractivity contribution is -0.754. The number of nitrogens with zero attached hydrogens (tertiary/aromatic N) is 6. The molecule has 2 amide bonds. The minimum atomic E-state index is -4.62. The quantitative estimate of drug-likeness (QED) is 0.448. The number of amides is 2. The highest BCUT2D eigenvalue weighted by Crippen LogP contribution is 2.29. The van der Waals surface area contributed by atoms with E-state index in [9.17, 15) is 18.0 Å². The zero-order chi connectivity index (χ0) is 23.6. The van der Waals surface area contributed by atoms with Crippen LogP contribution in [0.5, 0.6) is 0 Å². The van der Waals surface area contributed by atoms with Gasteiger partial charge < -0.3 is 15.2 Å². The van der Waals surface area contributed by atoms with E-state index in [-0.39, 0.29) is 11.6 Å². The highest BCUT2D eigenvalue weighted by Gasteiger charge is 2.32. The predicted octanol–water partition coefficient (Wildman–Crippen LogP) is 4.37. The lowest BCUT2D eigenvalue weighted by Crippen LogP contribution is -2.35. The number of nitrogens with one attached hydrogen (secondary N) is 1. The van der Waals surface area contributed by atoms with Gasteiger partial charge in [-0.1, -0.05) is 24.3 Å². The zero-order valence-electron chi connectivity index (χ0n) is 17.5. The third-order valence-corrected chi connectivity index (χ3v) is 4.71. The summed E-state index contributed by atoms with van der Waals surface area (Å²) >= 11 is 0. The number of pyridine rings is 1. The molecule has 0 spiro atoms. The van der Waals surface area contributed by atoms with E-state index >= 15 is 0 Å². The predicted molar refractivity (Wildman–Crippen MR) is 110 cm³/mol. The van der Waals surface area contributed by atoms with Gasteiger partial charge in [-0.3, -0.25) is 14.5 Å². The van der Waals surface area contributed by atoms with Crippen molar-refractivity contribution in [2.45, 2.75) is 19.6 Å². The van der Waals surface area contributed by atoms with Gasteiger partial charge in [-0.2, -0.15) is 18.3 Å². The number of aryl methyl sites for hydroxylation is 2. The second-order valence-electron chi connectivity index (χ2n) is 7.20. The van der Waals surface area contributed by atoms with Crippen LogP contribution in [0.4, 0.5) is 29.5 Å². The minimum absolute atomic E-state index is 0.0952. The monoisotopic (exact) mass is 457 g/mol. The molecular weight excluding hydrogens is 439 g/mol. The SMILES string of the molecule is Cc1cnn(C)c1-c1ccc(C[n+]2cc([N-]C(=O)Nc3ccnc(C(F)(F)F)c3)on2)cc1. The molecule has 0 fully saturated rings. The van der Waals surface area contributed by atoms with Crippen molar-refractivity contribution in [3.8, 4) is 11.3 Å². The summed E-state index contributed by atoms with van der Waals surface area (Å²) in [5, 5.41) is 14.0. The number of urea groups is 1. The Balaban J connectivity index is 1.37. The highest BCUT2D eigenvalue weighted by molar-refractivity contribution is 6.03. The third-order valence-electron chi connectivity index (χ3n) is 4.71. The first-order valence-electron chi connectivity index (χ1n) is 9.69. The van der Waals surface area contributed by atoms with Gasteiger partial charge in [-0.15, -0.1) is 0 Å². The minimum Gasteiger partial charge on any atom is -0.424 e. The molecule has 3 heterocycles. The molecular formula is C21H18F3N7O2. The van der Waals surface area contributed by atoms with Crippen LogP contribution in [0.25, 0.3) is 16.6 Å². The summed E-state index contributed by atoms with van der Waals surface area (Å²) in [5.74, 6) is -0.0975. The van der Waals surface area contributed by atoms with Gasteiger partial charge >= 0.3 is 6.18 Å². The number of hydrogen-bond acceptors (Lipinski definition) is 5. The highest BCUT2D eigenvalue weighted by atomic mass is 19.4. The molecule has 0 aliphatic carbocycles. The zero-order valence-corrected chi connectivity index (χ0v) is 17.5. The van der Waals surface area contributed by atoms with Crippen molar-refractivity contribution < 1.29 is 27.2 Å². The van der Waals surface area contributed by atoms with Crippen LogP contribution in [0.1, 0.15) is 16.8 Å². The molecule has 4 aromatic rings. The van der Waals surface area contributed by atoms with Crippen LogP contribution in [0.15, 0.2) is 59.5 Å². The van der Waals surface area contributed by atoms with E-state index in [1.165, 1.54) is 16.9 Å². The maximum Gasteiger partial charge on any atom is 0.433 e. The van der Waals surface area contributed by atoms with Gasteiger partial charge in [0.2, 0.25) is 18.6 Å². The molecule has 4 rings (SSSR count). The number of alkyl halides is 3. The van der Waals surface area contributed by atoms with E-state index in [2.05, 4.69) is 26.0 Å². The van der Waals surface area contributed by atoms with E-state index in [0.717, 1.165) is 28.6 Å². The number of hydrogen-bond donors (Lipinski definition) is 1. The van der Waals surface area contributed by atoms with Crippen molar-refractivity contribution in [1.29, 1.82) is 0 Å². The van der Waals surface area contributed by atoms with E-state index in [1.807, 2.05) is 42.9 Å². The topological polar surface area (TPSA) is 104 Å². The van der Waals surface area contributed by atoms with Crippen molar-refractivity contribution in [1.82, 2.24) is 20.0 Å². The number of carbonyl (C=O) groups excluding carboxylic acids is 1. The van der Waals surface area contributed by atoms with Crippen molar-refractivity contribution >= 4 is 17.6 Å². The Kier molecular flexibility index (Phi) is 5.82. The van der Waals surface area contributed by atoms with Crippen LogP contribution < -0.4 is 10.00 Å². The van der Waals surface area contributed by atoms with Crippen LogP contribution in [0, 0.1) is 6.92 Å². The maximum absolute atomic E-state index is 12.7. The molecule has 1 N–H and O–H groups in total. The molecule has 0 saturated carbocycles. The molecule has 1 aromatic carbocycles. The van der Waals surface area contributed by atoms with Gasteiger partial charge in [0.25, 0.3) is 0 Å². The summed E-state index contributed by atoms with van der Waals surface area (Å²) < 4.78 is 46.5. The van der Waals surface area contributed by atoms with Gasteiger partial charge in [-0.05, 0) is 35.0 Å². The van der Waals surface area contributed by atoms with E-state index in [1.54, 1.807) is 6.20 Å². The smallest absolute Gasteiger partial charge is 0.424 e. The summed E-state index contributed by atoms with van der Waals surface area (Å²) in [6, 6.07) is 8.85. The Morgan fingerprint density at radius 3 is 2.67 bits per heavy atom. The lowest BCUT2D eigenvalue weighted by Gasteiger charge is -2.14. The summed E-state index contributed by atoms with van der Waals surface area (Å²) in [4.78, 5) is 15.3. The molecule has 12 heteroatoms. The Morgan fingerprint density at radius 1 is 1.24 bits per heavy atom. The first-order valence-corrected chi connectivity index (χ1v) is 9.69. The van der Waals surface area contributed by atoms with Crippen molar-refractivity contribution in [2.75, 3.05) is 5.32 Å². The van der Waals surface area contributed by atoms with Crippen LogP contribution in [-0.2, 0) is 19.8 Å². The van der Waals surface area contributed by atoms with Gasteiger partial charge in [0.05, 0.1) is 11.9 Å². The Bertz CT molecular complexity index is 1260. The standard InChI is InChI=1S/C21H18F3N7O2/c1-13-10-26-30(2)19(13)15-5-3-14(4-6-15)11-31-12-18(33-29-31)28-20(32)27-16-7-8-25-17(9-16)21(22,23)24/h3-10,12H,11H2,1-2H3,(H-,25,27,28,29,32). The van der Waals surface area contributed by atoms with E-state index in [0.29, 0.717) is 12.6 Å². The molecule has 0 bridgehead atoms. The number of rotatable bonds is 5. The molecule has 9 nitrogen and oxygen atoms in total. The normalized spacial score (nSPS) is 11.4. The first kappa shape index (κ1) is 22.0. The van der Waals surface area contributed by atoms with Crippen molar-refractivity contribution in [3.05, 3.63) is 77.1 Å². The molecule has 0 saturated heterocycles. The Labute approximate surface area is 185 Å². The fourth-order valence-corrected chi connectivity index (χ4v) is 3.22. The first-order chi connectivity index (χ1) is 15.7. The number of anilines is 1. The third kappa shape index (κ3) is 5.17. The summed E-state index contributed by atoms with van der Waals surface area (Å²) in [5.41, 5.74) is 2.84. The van der Waals surface area contributed by atoms with Gasteiger partial charge in [0.1, 0.15) is 5.69 Å². The molecule has 0 aliphatic heterocycles. The fourth-order valence-electron chi connectivity index (χ4n) is 3.22. The van der Waals surface area contributed by atoms with Crippen molar-refractivity contribution in [2.24, 2.45) is 7.05 Å². The molecule has 0 atom stereocenters. The molecule has 0 aliphatic rings. The number of carbonyl (C=O) groups is 1. The fraction of sp³-hybridized carbons (Fsp3) is 0.190. The second kappa shape index (κ2) is 8.73. The molecule has 0 unspecified atom stereocenters. The lowest BCUT2D eigenvalue weighted by atomic mass is 10.1. The van der Waals surface area contributed by atoms with Gasteiger partial charge in [0.15, 0.2) is 11.3 Å². The average Bonchev–Trinajstić information content (AvgIpc) is 3.33. The average molecular weight is 457 g/mol. The van der Waals surface area contributed by atoms with Gasteiger partial charge in [0, 0.05) is 24.4 Å². The number of halogens is 3. The van der Waals surface area contributed by atoms with Crippen LogP contribution in [0.2, 0.25) is 0 Å². The molecule has 0 radical (unpaired) electrons. The largest absolute Gasteiger partial charge is 0.433 e. The van der Waals surface area contributed by atoms with Crippen LogP contribution >= 0.6 is 0 Å². The van der Waals surface area contributed by atoms with E-state index < -0.39 is 17.9 Å². The number of aromatic nitrogens is 5. The van der Waals surface area contributed by atoms with Gasteiger partial charge in [-0.25, -0.2) is 0 Å². The summed E-state index contributed by atoms with van der Waals surface area (Å²) in [6.45, 7) is 2.36. The maximum atomic E-state index is 12.7. The molecule has 3 aromatic heterocycles. The summed E-state index contributed by atoms with van der Waals surface area (Å²) in [7, 11) is 1.88. The molecule has 33 heavy (non-hydrogen) atoms. The van der Waals surface area contributed by atoms with Crippen LogP contribution in [-0.4, -0.2) is 26.1 Å². The Morgan fingerprint density at radius 2 is 2.00 bits per heavy atom. The van der Waals surface area contributed by atoms with E-state index in [4.69, 9.17) is 4.52 Å².